The molecule has 0 bridgehead atoms. The molecule has 1 heterocycles. The Labute approximate surface area is 124 Å². The lowest BCUT2D eigenvalue weighted by Crippen LogP contribution is -2.53. The Kier molecular flexibility index (Phi) is 5.52. The lowest BCUT2D eigenvalue weighted by Gasteiger charge is -2.38. The molecule has 5 nitrogen and oxygen atoms in total. The standard InChI is InChI=1S/C15H23FN4O/c1-2-14(15(17)18-21)20-9-7-19(8-10-20)11-12-5-3-4-6-13(12)16/h3-6,14,21H,2,7-11H2,1H3,(H2,17,18). The van der Waals surface area contributed by atoms with Crippen LogP contribution in [0.1, 0.15) is 18.9 Å². The third kappa shape index (κ3) is 3.92. The van der Waals surface area contributed by atoms with Crippen LogP contribution in [0.25, 0.3) is 0 Å². The molecule has 1 fully saturated rings. The first kappa shape index (κ1) is 15.7. The van der Waals surface area contributed by atoms with Crippen molar-refractivity contribution in [2.24, 2.45) is 10.9 Å². The predicted molar refractivity (Wildman–Crippen MR) is 80.7 cm³/mol. The van der Waals surface area contributed by atoms with E-state index in [2.05, 4.69) is 15.0 Å². The number of nitrogens with two attached hydrogens (primary N) is 1. The lowest BCUT2D eigenvalue weighted by atomic mass is 10.1. The van der Waals surface area contributed by atoms with Crippen molar-refractivity contribution in [1.82, 2.24) is 9.80 Å². The molecule has 116 valence electrons. The number of piperazine rings is 1. The van der Waals surface area contributed by atoms with Crippen LogP contribution in [-0.4, -0.2) is 53.1 Å². The van der Waals surface area contributed by atoms with Gasteiger partial charge in [0.2, 0.25) is 0 Å². The molecule has 6 heteroatoms. The Balaban J connectivity index is 1.90. The summed E-state index contributed by atoms with van der Waals surface area (Å²) in [5, 5.41) is 12.0. The van der Waals surface area contributed by atoms with Crippen LogP contribution in [0.4, 0.5) is 4.39 Å². The Hall–Kier alpha value is -1.66. The summed E-state index contributed by atoms with van der Waals surface area (Å²) >= 11 is 0. The van der Waals surface area contributed by atoms with Gasteiger partial charge in [0.25, 0.3) is 0 Å². The zero-order chi connectivity index (χ0) is 15.2. The van der Waals surface area contributed by atoms with Crippen LogP contribution in [0, 0.1) is 5.82 Å². The van der Waals surface area contributed by atoms with Gasteiger partial charge in [-0.1, -0.05) is 30.3 Å². The molecule has 0 radical (unpaired) electrons. The van der Waals surface area contributed by atoms with E-state index in [9.17, 15) is 4.39 Å². The van der Waals surface area contributed by atoms with Crippen LogP contribution < -0.4 is 5.73 Å². The molecule has 1 aromatic rings. The second-order valence-electron chi connectivity index (χ2n) is 5.35. The van der Waals surface area contributed by atoms with Crippen LogP contribution in [-0.2, 0) is 6.54 Å². The van der Waals surface area contributed by atoms with E-state index in [1.807, 2.05) is 19.1 Å². The summed E-state index contributed by atoms with van der Waals surface area (Å²) in [7, 11) is 0. The van der Waals surface area contributed by atoms with Gasteiger partial charge in [0.1, 0.15) is 5.82 Å². The van der Waals surface area contributed by atoms with Crippen LogP contribution >= 0.6 is 0 Å². The zero-order valence-corrected chi connectivity index (χ0v) is 12.4. The number of amidine groups is 1. The molecular weight excluding hydrogens is 271 g/mol. The maximum atomic E-state index is 13.7. The first-order valence-corrected chi connectivity index (χ1v) is 7.33. The number of rotatable bonds is 5. The van der Waals surface area contributed by atoms with E-state index in [0.29, 0.717) is 6.54 Å². The van der Waals surface area contributed by atoms with Crippen molar-refractivity contribution in [3.05, 3.63) is 35.6 Å². The minimum Gasteiger partial charge on any atom is -0.409 e. The highest BCUT2D eigenvalue weighted by Crippen LogP contribution is 2.14. The number of oxime groups is 1. The number of benzene rings is 1. The summed E-state index contributed by atoms with van der Waals surface area (Å²) in [5.74, 6) is 0.114. The molecule has 0 aromatic heterocycles. The molecule has 2 rings (SSSR count). The van der Waals surface area contributed by atoms with Crippen LogP contribution in [0.15, 0.2) is 29.4 Å². The maximum Gasteiger partial charge on any atom is 0.156 e. The molecule has 0 amide bonds. The highest BCUT2D eigenvalue weighted by Gasteiger charge is 2.25. The Morgan fingerprint density at radius 1 is 1.33 bits per heavy atom. The zero-order valence-electron chi connectivity index (χ0n) is 12.4. The molecule has 1 unspecified atom stereocenters. The molecule has 0 aliphatic carbocycles. The van der Waals surface area contributed by atoms with E-state index >= 15 is 0 Å². The third-order valence-electron chi connectivity index (χ3n) is 4.04. The highest BCUT2D eigenvalue weighted by molar-refractivity contribution is 5.85. The Morgan fingerprint density at radius 2 is 2.00 bits per heavy atom. The van der Waals surface area contributed by atoms with Gasteiger partial charge in [0.15, 0.2) is 5.84 Å². The van der Waals surface area contributed by atoms with Crippen molar-refractivity contribution < 1.29 is 9.60 Å². The minimum absolute atomic E-state index is 0.0226. The van der Waals surface area contributed by atoms with Gasteiger partial charge < -0.3 is 10.9 Å². The lowest BCUT2D eigenvalue weighted by molar-refractivity contribution is 0.109. The topological polar surface area (TPSA) is 65.1 Å². The summed E-state index contributed by atoms with van der Waals surface area (Å²) in [5.41, 5.74) is 6.46. The average Bonchev–Trinajstić information content (AvgIpc) is 2.51. The molecule has 1 aliphatic rings. The first-order valence-electron chi connectivity index (χ1n) is 7.33. The fraction of sp³-hybridized carbons (Fsp3) is 0.533. The van der Waals surface area contributed by atoms with Crippen LogP contribution in [0.5, 0.6) is 0 Å². The fourth-order valence-electron chi connectivity index (χ4n) is 2.82. The minimum atomic E-state index is -0.150. The molecule has 1 saturated heterocycles. The van der Waals surface area contributed by atoms with Gasteiger partial charge >= 0.3 is 0 Å². The van der Waals surface area contributed by atoms with Crippen LogP contribution in [0.3, 0.4) is 0 Å². The molecule has 0 spiro atoms. The molecular formula is C15H23FN4O. The maximum absolute atomic E-state index is 13.7. The van der Waals surface area contributed by atoms with Crippen molar-refractivity contribution >= 4 is 5.84 Å². The second kappa shape index (κ2) is 7.38. The predicted octanol–water partition coefficient (Wildman–Crippen LogP) is 1.47. The molecule has 3 N–H and O–H groups in total. The van der Waals surface area contributed by atoms with Crippen molar-refractivity contribution in [1.29, 1.82) is 0 Å². The first-order chi connectivity index (χ1) is 10.2. The number of hydrogen-bond acceptors (Lipinski definition) is 4. The van der Waals surface area contributed by atoms with Gasteiger partial charge in [-0.25, -0.2) is 4.39 Å². The van der Waals surface area contributed by atoms with E-state index in [1.165, 1.54) is 6.07 Å². The third-order valence-corrected chi connectivity index (χ3v) is 4.04. The summed E-state index contributed by atoms with van der Waals surface area (Å²) in [6.07, 6.45) is 0.809. The van der Waals surface area contributed by atoms with Crippen molar-refractivity contribution in [3.63, 3.8) is 0 Å². The monoisotopic (exact) mass is 294 g/mol. The van der Waals surface area contributed by atoms with Gasteiger partial charge in [0, 0.05) is 38.3 Å². The second-order valence-corrected chi connectivity index (χ2v) is 5.35. The van der Waals surface area contributed by atoms with E-state index in [1.54, 1.807) is 6.07 Å². The molecule has 1 aliphatic heterocycles. The number of hydrogen-bond donors (Lipinski definition) is 2. The largest absolute Gasteiger partial charge is 0.409 e. The van der Waals surface area contributed by atoms with E-state index in [0.717, 1.165) is 38.2 Å². The van der Waals surface area contributed by atoms with Gasteiger partial charge in [-0.3, -0.25) is 9.80 Å². The quantitative estimate of drug-likeness (QED) is 0.373. The summed E-state index contributed by atoms with van der Waals surface area (Å²) in [6.45, 7) is 6.02. The molecule has 21 heavy (non-hydrogen) atoms. The van der Waals surface area contributed by atoms with Crippen molar-refractivity contribution in [2.75, 3.05) is 26.2 Å². The molecule has 1 aromatic carbocycles. The Morgan fingerprint density at radius 3 is 2.57 bits per heavy atom. The molecule has 0 saturated carbocycles. The Bertz CT molecular complexity index is 486. The summed E-state index contributed by atoms with van der Waals surface area (Å²) in [6, 6.07) is 6.87. The van der Waals surface area contributed by atoms with E-state index < -0.39 is 0 Å². The smallest absolute Gasteiger partial charge is 0.156 e. The average molecular weight is 294 g/mol. The van der Waals surface area contributed by atoms with Crippen LogP contribution in [0.2, 0.25) is 0 Å². The SMILES string of the molecule is CCC(C(N)=NO)N1CCN(Cc2ccccc2F)CC1. The van der Waals surface area contributed by atoms with E-state index in [4.69, 9.17) is 10.9 Å². The molecule has 1 atom stereocenters. The normalized spacial score (nSPS) is 19.6. The van der Waals surface area contributed by atoms with Crippen molar-refractivity contribution in [2.45, 2.75) is 25.9 Å². The fourth-order valence-corrected chi connectivity index (χ4v) is 2.82. The van der Waals surface area contributed by atoms with E-state index in [-0.39, 0.29) is 17.7 Å². The van der Waals surface area contributed by atoms with Gasteiger partial charge in [-0.2, -0.15) is 0 Å². The van der Waals surface area contributed by atoms with Crippen molar-refractivity contribution in [3.8, 4) is 0 Å². The summed E-state index contributed by atoms with van der Waals surface area (Å²) in [4.78, 5) is 4.45. The number of halogens is 1. The highest BCUT2D eigenvalue weighted by atomic mass is 19.1. The van der Waals surface area contributed by atoms with Gasteiger partial charge in [-0.05, 0) is 12.5 Å². The van der Waals surface area contributed by atoms with Gasteiger partial charge in [-0.15, -0.1) is 0 Å². The van der Waals surface area contributed by atoms with Gasteiger partial charge in [0.05, 0.1) is 6.04 Å². The summed E-state index contributed by atoms with van der Waals surface area (Å²) < 4.78 is 13.7. The number of nitrogens with zero attached hydrogens (tertiary/aromatic N) is 3.